The van der Waals surface area contributed by atoms with Crippen molar-refractivity contribution in [1.29, 1.82) is 0 Å². The zero-order valence-electron chi connectivity index (χ0n) is 10.3. The first-order valence-electron chi connectivity index (χ1n) is 5.98. The molecular weight excluding hydrogens is 228 g/mol. The van der Waals surface area contributed by atoms with Gasteiger partial charge in [0.25, 0.3) is 0 Å². The van der Waals surface area contributed by atoms with Gasteiger partial charge >= 0.3 is 0 Å². The SMILES string of the molecule is CCCc1ccc(Oc2ccccc2O)c(O)c1. The van der Waals surface area contributed by atoms with Crippen LogP contribution in [0.4, 0.5) is 0 Å². The van der Waals surface area contributed by atoms with Gasteiger partial charge in [-0.1, -0.05) is 31.5 Å². The minimum absolute atomic E-state index is 0.0505. The van der Waals surface area contributed by atoms with E-state index in [1.807, 2.05) is 6.07 Å². The van der Waals surface area contributed by atoms with Crippen molar-refractivity contribution in [3.63, 3.8) is 0 Å². The Kier molecular flexibility index (Phi) is 3.72. The maximum Gasteiger partial charge on any atom is 0.169 e. The third-order valence-corrected chi connectivity index (χ3v) is 2.65. The summed E-state index contributed by atoms with van der Waals surface area (Å²) < 4.78 is 5.47. The van der Waals surface area contributed by atoms with Crippen LogP contribution in [0.5, 0.6) is 23.0 Å². The minimum atomic E-state index is 0.0505. The van der Waals surface area contributed by atoms with Gasteiger partial charge in [0.1, 0.15) is 0 Å². The molecule has 0 unspecified atom stereocenters. The average molecular weight is 244 g/mol. The molecule has 0 saturated heterocycles. The molecule has 18 heavy (non-hydrogen) atoms. The van der Waals surface area contributed by atoms with E-state index in [0.29, 0.717) is 11.5 Å². The second-order valence-electron chi connectivity index (χ2n) is 4.12. The number of rotatable bonds is 4. The number of ether oxygens (including phenoxy) is 1. The maximum atomic E-state index is 9.86. The summed E-state index contributed by atoms with van der Waals surface area (Å²) in [5, 5.41) is 19.5. The van der Waals surface area contributed by atoms with Crippen LogP contribution in [0.25, 0.3) is 0 Å². The van der Waals surface area contributed by atoms with Gasteiger partial charge in [-0.25, -0.2) is 0 Å². The Morgan fingerprint density at radius 3 is 2.33 bits per heavy atom. The molecule has 0 saturated carbocycles. The standard InChI is InChI=1S/C15H16O3/c1-2-5-11-8-9-15(13(17)10-11)18-14-7-4-3-6-12(14)16/h3-4,6-10,16-17H,2,5H2,1H3. The van der Waals surface area contributed by atoms with E-state index in [9.17, 15) is 10.2 Å². The third-order valence-electron chi connectivity index (χ3n) is 2.65. The molecule has 3 nitrogen and oxygen atoms in total. The summed E-state index contributed by atoms with van der Waals surface area (Å²) in [6, 6.07) is 12.0. The third kappa shape index (κ3) is 2.74. The lowest BCUT2D eigenvalue weighted by Crippen LogP contribution is -1.88. The predicted molar refractivity (Wildman–Crippen MR) is 70.3 cm³/mol. The van der Waals surface area contributed by atoms with Gasteiger partial charge in [0, 0.05) is 0 Å². The molecule has 0 heterocycles. The van der Waals surface area contributed by atoms with Crippen molar-refractivity contribution in [2.45, 2.75) is 19.8 Å². The van der Waals surface area contributed by atoms with Crippen molar-refractivity contribution in [2.75, 3.05) is 0 Å². The molecule has 2 rings (SSSR count). The minimum Gasteiger partial charge on any atom is -0.504 e. The van der Waals surface area contributed by atoms with Gasteiger partial charge in [-0.15, -0.1) is 0 Å². The summed E-state index contributed by atoms with van der Waals surface area (Å²) in [6.07, 6.45) is 1.95. The summed E-state index contributed by atoms with van der Waals surface area (Å²) in [5.74, 6) is 0.811. The zero-order chi connectivity index (χ0) is 13.0. The van der Waals surface area contributed by atoms with Gasteiger partial charge in [0.05, 0.1) is 0 Å². The van der Waals surface area contributed by atoms with Gasteiger partial charge in [0.2, 0.25) is 0 Å². The Bertz CT molecular complexity index is 535. The fourth-order valence-electron chi connectivity index (χ4n) is 1.76. The Hall–Kier alpha value is -2.16. The van der Waals surface area contributed by atoms with Crippen molar-refractivity contribution >= 4 is 0 Å². The van der Waals surface area contributed by atoms with Gasteiger partial charge in [-0.05, 0) is 36.2 Å². The van der Waals surface area contributed by atoms with Crippen LogP contribution in [0, 0.1) is 0 Å². The van der Waals surface area contributed by atoms with Crippen LogP contribution < -0.4 is 4.74 Å². The Balaban J connectivity index is 2.22. The van der Waals surface area contributed by atoms with Crippen molar-refractivity contribution in [2.24, 2.45) is 0 Å². The molecule has 0 aliphatic rings. The number of para-hydroxylation sites is 2. The average Bonchev–Trinajstić information content (AvgIpc) is 2.35. The molecule has 94 valence electrons. The van der Waals surface area contributed by atoms with E-state index < -0.39 is 0 Å². The molecule has 2 aromatic rings. The van der Waals surface area contributed by atoms with Crippen LogP contribution in [0.1, 0.15) is 18.9 Å². The topological polar surface area (TPSA) is 49.7 Å². The lowest BCUT2D eigenvalue weighted by Gasteiger charge is -2.10. The van der Waals surface area contributed by atoms with E-state index in [2.05, 4.69) is 6.92 Å². The molecule has 0 aliphatic carbocycles. The first-order valence-corrected chi connectivity index (χ1v) is 5.98. The van der Waals surface area contributed by atoms with Crippen LogP contribution in [0.2, 0.25) is 0 Å². The van der Waals surface area contributed by atoms with E-state index in [1.165, 1.54) is 6.07 Å². The molecule has 0 bridgehead atoms. The number of aryl methyl sites for hydroxylation is 1. The second kappa shape index (κ2) is 5.45. The van der Waals surface area contributed by atoms with E-state index in [1.54, 1.807) is 30.3 Å². The van der Waals surface area contributed by atoms with Crippen LogP contribution >= 0.6 is 0 Å². The van der Waals surface area contributed by atoms with Crippen LogP contribution in [0.3, 0.4) is 0 Å². The fraction of sp³-hybridized carbons (Fsp3) is 0.200. The summed E-state index contributed by atoms with van der Waals surface area (Å²) >= 11 is 0. The summed E-state index contributed by atoms with van der Waals surface area (Å²) in [7, 11) is 0. The van der Waals surface area contributed by atoms with Gasteiger partial charge in [0.15, 0.2) is 23.0 Å². The van der Waals surface area contributed by atoms with Gasteiger partial charge < -0.3 is 14.9 Å². The van der Waals surface area contributed by atoms with Crippen molar-refractivity contribution < 1.29 is 14.9 Å². The summed E-state index contributed by atoms with van der Waals surface area (Å²) in [6.45, 7) is 2.09. The quantitative estimate of drug-likeness (QED) is 0.859. The molecule has 0 amide bonds. The molecule has 0 atom stereocenters. The molecule has 0 aromatic heterocycles. The van der Waals surface area contributed by atoms with E-state index in [4.69, 9.17) is 4.74 Å². The number of hydrogen-bond acceptors (Lipinski definition) is 3. The predicted octanol–water partition coefficient (Wildman–Crippen LogP) is 3.84. The number of phenolic OH excluding ortho intramolecular Hbond substituents is 2. The summed E-state index contributed by atoms with van der Waals surface area (Å²) in [5.41, 5.74) is 1.07. The molecule has 0 radical (unpaired) electrons. The second-order valence-corrected chi connectivity index (χ2v) is 4.12. The molecule has 0 fully saturated rings. The zero-order valence-corrected chi connectivity index (χ0v) is 10.3. The molecular formula is C15H16O3. The smallest absolute Gasteiger partial charge is 0.169 e. The highest BCUT2D eigenvalue weighted by Gasteiger charge is 2.07. The summed E-state index contributed by atoms with van der Waals surface area (Å²) in [4.78, 5) is 0. The lowest BCUT2D eigenvalue weighted by molar-refractivity contribution is 0.385. The van der Waals surface area contributed by atoms with E-state index in [-0.39, 0.29) is 11.5 Å². The van der Waals surface area contributed by atoms with Crippen LogP contribution in [-0.4, -0.2) is 10.2 Å². The largest absolute Gasteiger partial charge is 0.504 e. The van der Waals surface area contributed by atoms with Gasteiger partial charge in [-0.2, -0.15) is 0 Å². The highest BCUT2D eigenvalue weighted by atomic mass is 16.5. The number of hydrogen-bond donors (Lipinski definition) is 2. The monoisotopic (exact) mass is 244 g/mol. The number of aromatic hydroxyl groups is 2. The molecule has 0 spiro atoms. The Labute approximate surface area is 106 Å². The number of phenols is 2. The normalized spacial score (nSPS) is 10.3. The van der Waals surface area contributed by atoms with Crippen LogP contribution in [0.15, 0.2) is 42.5 Å². The van der Waals surface area contributed by atoms with E-state index in [0.717, 1.165) is 18.4 Å². The highest BCUT2D eigenvalue weighted by molar-refractivity contribution is 5.47. The lowest BCUT2D eigenvalue weighted by atomic mass is 10.1. The maximum absolute atomic E-state index is 9.86. The fourth-order valence-corrected chi connectivity index (χ4v) is 1.76. The molecule has 2 aromatic carbocycles. The first-order chi connectivity index (χ1) is 8.70. The van der Waals surface area contributed by atoms with E-state index >= 15 is 0 Å². The number of benzene rings is 2. The molecule has 3 heteroatoms. The Morgan fingerprint density at radius 2 is 1.67 bits per heavy atom. The van der Waals surface area contributed by atoms with Crippen molar-refractivity contribution in [3.8, 4) is 23.0 Å². The van der Waals surface area contributed by atoms with Crippen molar-refractivity contribution in [3.05, 3.63) is 48.0 Å². The molecule has 0 aliphatic heterocycles. The Morgan fingerprint density at radius 1 is 0.944 bits per heavy atom. The van der Waals surface area contributed by atoms with Crippen LogP contribution in [-0.2, 0) is 6.42 Å². The molecule has 2 N–H and O–H groups in total. The van der Waals surface area contributed by atoms with Crippen molar-refractivity contribution in [1.82, 2.24) is 0 Å². The highest BCUT2D eigenvalue weighted by Crippen LogP contribution is 2.35. The van der Waals surface area contributed by atoms with Gasteiger partial charge in [-0.3, -0.25) is 0 Å². The first kappa shape index (κ1) is 12.3.